The number of fused-ring (bicyclic) bond motifs is 1. The van der Waals surface area contributed by atoms with Crippen LogP contribution in [-0.2, 0) is 4.74 Å². The van der Waals surface area contributed by atoms with E-state index in [0.29, 0.717) is 5.75 Å². The molecular weight excluding hydrogens is 269 g/mol. The first kappa shape index (κ1) is 14.8. The standard InChI is InChI=1S/C17H24FNO2/c1-4-19-15-10-17(8-11(2)20-12(3)9-17)21-16-7-13(18)5-6-14(15)16/h5-7,11-12,15,19H,4,8-10H2,1-3H3. The molecule has 0 amide bonds. The van der Waals surface area contributed by atoms with Gasteiger partial charge in [0.15, 0.2) is 0 Å². The van der Waals surface area contributed by atoms with Crippen LogP contribution in [0.25, 0.3) is 0 Å². The van der Waals surface area contributed by atoms with E-state index in [1.54, 1.807) is 0 Å². The molecule has 3 unspecified atom stereocenters. The smallest absolute Gasteiger partial charge is 0.127 e. The lowest BCUT2D eigenvalue weighted by atomic mass is 9.78. The second-order valence-electron chi connectivity index (χ2n) is 6.45. The highest BCUT2D eigenvalue weighted by Gasteiger charge is 2.45. The lowest BCUT2D eigenvalue weighted by molar-refractivity contribution is -0.130. The van der Waals surface area contributed by atoms with Crippen molar-refractivity contribution < 1.29 is 13.9 Å². The highest BCUT2D eigenvalue weighted by Crippen LogP contribution is 2.46. The van der Waals surface area contributed by atoms with E-state index in [9.17, 15) is 4.39 Å². The van der Waals surface area contributed by atoms with Gasteiger partial charge in [0, 0.05) is 36.9 Å². The molecule has 21 heavy (non-hydrogen) atoms. The fourth-order valence-electron chi connectivity index (χ4n) is 3.94. The average molecular weight is 293 g/mol. The van der Waals surface area contributed by atoms with Crippen molar-refractivity contribution in [2.24, 2.45) is 0 Å². The molecule has 1 aromatic rings. The molecule has 1 N–H and O–H groups in total. The van der Waals surface area contributed by atoms with Crippen molar-refractivity contribution in [2.45, 2.75) is 63.9 Å². The molecule has 3 rings (SSSR count). The second-order valence-corrected chi connectivity index (χ2v) is 6.45. The summed E-state index contributed by atoms with van der Waals surface area (Å²) in [7, 11) is 0. The molecule has 0 saturated carbocycles. The SMILES string of the molecule is CCNC1CC2(CC(C)OC(C)C2)Oc2cc(F)ccc21. The maximum Gasteiger partial charge on any atom is 0.127 e. The van der Waals surface area contributed by atoms with Gasteiger partial charge in [-0.1, -0.05) is 13.0 Å². The molecule has 2 aliphatic rings. The third kappa shape index (κ3) is 2.92. The quantitative estimate of drug-likeness (QED) is 0.904. The van der Waals surface area contributed by atoms with Crippen LogP contribution in [0.4, 0.5) is 4.39 Å². The lowest BCUT2D eigenvalue weighted by Crippen LogP contribution is -2.51. The van der Waals surface area contributed by atoms with Crippen molar-refractivity contribution in [3.8, 4) is 5.75 Å². The van der Waals surface area contributed by atoms with Crippen LogP contribution in [0.1, 0.15) is 51.6 Å². The Bertz CT molecular complexity index is 510. The number of hydrogen-bond donors (Lipinski definition) is 1. The van der Waals surface area contributed by atoms with Gasteiger partial charge in [-0.2, -0.15) is 0 Å². The van der Waals surface area contributed by atoms with E-state index < -0.39 is 0 Å². The first-order valence-corrected chi connectivity index (χ1v) is 7.88. The summed E-state index contributed by atoms with van der Waals surface area (Å²) in [5, 5.41) is 3.52. The second kappa shape index (κ2) is 5.58. The molecule has 0 aliphatic carbocycles. The molecule has 1 aromatic carbocycles. The van der Waals surface area contributed by atoms with E-state index in [1.165, 1.54) is 12.1 Å². The van der Waals surface area contributed by atoms with E-state index in [0.717, 1.165) is 31.4 Å². The number of halogens is 1. The topological polar surface area (TPSA) is 30.5 Å². The third-order valence-electron chi connectivity index (χ3n) is 4.49. The van der Waals surface area contributed by atoms with E-state index >= 15 is 0 Å². The Morgan fingerprint density at radius 2 is 1.95 bits per heavy atom. The zero-order valence-corrected chi connectivity index (χ0v) is 13.0. The van der Waals surface area contributed by atoms with Crippen LogP contribution in [0.3, 0.4) is 0 Å². The van der Waals surface area contributed by atoms with Gasteiger partial charge in [-0.3, -0.25) is 0 Å². The minimum absolute atomic E-state index is 0.172. The molecular formula is C17H24FNO2. The predicted octanol–water partition coefficient (Wildman–Crippen LogP) is 3.59. The maximum atomic E-state index is 13.6. The highest BCUT2D eigenvalue weighted by atomic mass is 19.1. The summed E-state index contributed by atoms with van der Waals surface area (Å²) < 4.78 is 25.7. The Kier molecular flexibility index (Phi) is 3.93. The molecule has 0 aromatic heterocycles. The van der Waals surface area contributed by atoms with Crippen LogP contribution >= 0.6 is 0 Å². The Balaban J connectivity index is 1.95. The summed E-state index contributed by atoms with van der Waals surface area (Å²) in [5.41, 5.74) is 0.820. The van der Waals surface area contributed by atoms with Crippen molar-refractivity contribution in [1.82, 2.24) is 5.32 Å². The molecule has 2 heterocycles. The summed E-state index contributed by atoms with van der Waals surface area (Å²) in [5.74, 6) is 0.447. The molecule has 2 aliphatic heterocycles. The van der Waals surface area contributed by atoms with Crippen LogP contribution in [0.15, 0.2) is 18.2 Å². The Labute approximate surface area is 125 Å². The van der Waals surface area contributed by atoms with Gasteiger partial charge >= 0.3 is 0 Å². The molecule has 116 valence electrons. The van der Waals surface area contributed by atoms with Gasteiger partial charge in [0.2, 0.25) is 0 Å². The molecule has 1 fully saturated rings. The summed E-state index contributed by atoms with van der Waals surface area (Å²) in [4.78, 5) is 0. The molecule has 3 nitrogen and oxygen atoms in total. The number of nitrogens with one attached hydrogen (secondary N) is 1. The van der Waals surface area contributed by atoms with Gasteiger partial charge in [-0.15, -0.1) is 0 Å². The van der Waals surface area contributed by atoms with Gasteiger partial charge in [0.1, 0.15) is 17.2 Å². The molecule has 0 bridgehead atoms. The molecule has 3 atom stereocenters. The monoisotopic (exact) mass is 293 g/mol. The normalized spacial score (nSPS) is 35.3. The van der Waals surface area contributed by atoms with E-state index in [-0.39, 0.29) is 29.7 Å². The van der Waals surface area contributed by atoms with Gasteiger partial charge < -0.3 is 14.8 Å². The van der Waals surface area contributed by atoms with Crippen molar-refractivity contribution in [2.75, 3.05) is 6.54 Å². The van der Waals surface area contributed by atoms with Crippen molar-refractivity contribution >= 4 is 0 Å². The summed E-state index contributed by atoms with van der Waals surface area (Å²) in [6.45, 7) is 7.16. The third-order valence-corrected chi connectivity index (χ3v) is 4.49. The Morgan fingerprint density at radius 3 is 2.62 bits per heavy atom. The Morgan fingerprint density at radius 1 is 1.24 bits per heavy atom. The highest BCUT2D eigenvalue weighted by molar-refractivity contribution is 5.39. The fraction of sp³-hybridized carbons (Fsp3) is 0.647. The van der Waals surface area contributed by atoms with Crippen molar-refractivity contribution in [3.63, 3.8) is 0 Å². The lowest BCUT2D eigenvalue weighted by Gasteiger charge is -2.48. The molecule has 1 saturated heterocycles. The van der Waals surface area contributed by atoms with Crippen LogP contribution < -0.4 is 10.1 Å². The number of rotatable bonds is 2. The summed E-state index contributed by atoms with van der Waals surface area (Å²) >= 11 is 0. The zero-order chi connectivity index (χ0) is 15.0. The largest absolute Gasteiger partial charge is 0.487 e. The van der Waals surface area contributed by atoms with E-state index in [1.807, 2.05) is 6.07 Å². The first-order valence-electron chi connectivity index (χ1n) is 7.88. The average Bonchev–Trinajstić information content (AvgIpc) is 2.36. The fourth-order valence-corrected chi connectivity index (χ4v) is 3.94. The summed E-state index contributed by atoms with van der Waals surface area (Å²) in [6, 6.07) is 5.10. The molecule has 4 heteroatoms. The molecule has 1 spiro atoms. The van der Waals surface area contributed by atoms with Crippen LogP contribution in [-0.4, -0.2) is 24.4 Å². The van der Waals surface area contributed by atoms with Crippen LogP contribution in [0.2, 0.25) is 0 Å². The van der Waals surface area contributed by atoms with Gasteiger partial charge in [-0.25, -0.2) is 4.39 Å². The minimum atomic E-state index is -0.245. The van der Waals surface area contributed by atoms with Crippen molar-refractivity contribution in [3.05, 3.63) is 29.6 Å². The Hall–Kier alpha value is -1.13. The van der Waals surface area contributed by atoms with Gasteiger partial charge in [-0.05, 0) is 26.5 Å². The van der Waals surface area contributed by atoms with Gasteiger partial charge in [0.25, 0.3) is 0 Å². The van der Waals surface area contributed by atoms with E-state index in [4.69, 9.17) is 9.47 Å². The van der Waals surface area contributed by atoms with Crippen LogP contribution in [0, 0.1) is 5.82 Å². The van der Waals surface area contributed by atoms with Crippen LogP contribution in [0.5, 0.6) is 5.75 Å². The van der Waals surface area contributed by atoms with Crippen molar-refractivity contribution in [1.29, 1.82) is 0 Å². The first-order chi connectivity index (χ1) is 10.0. The number of benzene rings is 1. The summed E-state index contributed by atoms with van der Waals surface area (Å²) in [6.07, 6.45) is 2.97. The van der Waals surface area contributed by atoms with E-state index in [2.05, 4.69) is 26.1 Å². The van der Waals surface area contributed by atoms with Gasteiger partial charge in [0.05, 0.1) is 12.2 Å². The number of ether oxygens (including phenoxy) is 2. The minimum Gasteiger partial charge on any atom is -0.487 e. The maximum absolute atomic E-state index is 13.6. The number of hydrogen-bond acceptors (Lipinski definition) is 3. The molecule has 0 radical (unpaired) electrons. The zero-order valence-electron chi connectivity index (χ0n) is 13.0. The predicted molar refractivity (Wildman–Crippen MR) is 80.0 cm³/mol.